The number of sulfone groups is 1. The molecule has 1 aromatic carbocycles. The number of hydrogen-bond acceptors (Lipinski definition) is 2. The van der Waals surface area contributed by atoms with Gasteiger partial charge in [0.2, 0.25) is 0 Å². The first-order valence-electron chi connectivity index (χ1n) is 10.0. The van der Waals surface area contributed by atoms with E-state index in [0.29, 0.717) is 11.7 Å². The highest BCUT2D eigenvalue weighted by molar-refractivity contribution is 7.92. The van der Waals surface area contributed by atoms with Gasteiger partial charge in [-0.05, 0) is 75.8 Å². The third-order valence-corrected chi connectivity index (χ3v) is 8.53. The van der Waals surface area contributed by atoms with E-state index in [1.54, 1.807) is 0 Å². The van der Waals surface area contributed by atoms with Gasteiger partial charge in [-0.1, -0.05) is 50.5 Å². The molecular weight excluding hydrogens is 328 g/mol. The summed E-state index contributed by atoms with van der Waals surface area (Å²) in [4.78, 5) is 0. The molecule has 0 atom stereocenters. The molecule has 2 nitrogen and oxygen atoms in total. The van der Waals surface area contributed by atoms with Crippen LogP contribution in [0.3, 0.4) is 0 Å². The van der Waals surface area contributed by atoms with E-state index < -0.39 is 14.6 Å². The van der Waals surface area contributed by atoms with Crippen LogP contribution in [0, 0.1) is 11.8 Å². The molecule has 1 aliphatic carbocycles. The van der Waals surface area contributed by atoms with E-state index in [9.17, 15) is 8.42 Å². The number of hydrogen-bond donors (Lipinski definition) is 0. The van der Waals surface area contributed by atoms with Crippen molar-refractivity contribution in [3.05, 3.63) is 35.4 Å². The van der Waals surface area contributed by atoms with Crippen LogP contribution < -0.4 is 0 Å². The molecule has 0 unspecified atom stereocenters. The molecule has 0 bridgehead atoms. The second-order valence-corrected chi connectivity index (χ2v) is 11.7. The molecule has 0 heterocycles. The maximum Gasteiger partial charge on any atom is 0.155 e. The van der Waals surface area contributed by atoms with Crippen molar-refractivity contribution in [2.24, 2.45) is 11.8 Å². The Morgan fingerprint density at radius 1 is 0.880 bits per heavy atom. The summed E-state index contributed by atoms with van der Waals surface area (Å²) in [6, 6.07) is 9.11. The highest BCUT2D eigenvalue weighted by atomic mass is 32.2. The Labute approximate surface area is 155 Å². The molecule has 142 valence electrons. The van der Waals surface area contributed by atoms with Crippen molar-refractivity contribution in [1.82, 2.24) is 0 Å². The fourth-order valence-electron chi connectivity index (χ4n) is 3.78. The molecule has 1 aromatic rings. The maximum atomic E-state index is 12.4. The summed E-state index contributed by atoms with van der Waals surface area (Å²) in [5.41, 5.74) is 2.88. The predicted molar refractivity (Wildman–Crippen MR) is 108 cm³/mol. The van der Waals surface area contributed by atoms with Crippen molar-refractivity contribution < 1.29 is 8.42 Å². The molecule has 0 aliphatic heterocycles. The molecule has 3 heteroatoms. The van der Waals surface area contributed by atoms with Gasteiger partial charge in [-0.15, -0.1) is 0 Å². The van der Waals surface area contributed by atoms with Gasteiger partial charge in [0.05, 0.1) is 10.5 Å². The Bertz CT molecular complexity index is 615. The van der Waals surface area contributed by atoms with Crippen molar-refractivity contribution in [2.45, 2.75) is 83.8 Å². The van der Waals surface area contributed by atoms with Crippen LogP contribution >= 0.6 is 0 Å². The lowest BCUT2D eigenvalue weighted by Crippen LogP contribution is -2.34. The smallest absolute Gasteiger partial charge is 0.155 e. The van der Waals surface area contributed by atoms with Crippen molar-refractivity contribution in [3.8, 4) is 0 Å². The molecule has 1 saturated carbocycles. The Morgan fingerprint density at radius 2 is 1.36 bits per heavy atom. The van der Waals surface area contributed by atoms with E-state index in [4.69, 9.17) is 0 Å². The zero-order chi connectivity index (χ0) is 18.5. The highest BCUT2D eigenvalue weighted by Crippen LogP contribution is 2.34. The molecule has 0 radical (unpaired) electrons. The molecular formula is C22H36O2S. The SMILES string of the molecule is CCCc1ccc(CCC2CCC(CS(=O)(=O)C(C)(C)C)CC2)cc1. The summed E-state index contributed by atoms with van der Waals surface area (Å²) in [5.74, 6) is 1.51. The molecule has 0 saturated heterocycles. The molecule has 0 amide bonds. The second-order valence-electron chi connectivity index (χ2n) is 8.89. The van der Waals surface area contributed by atoms with Crippen LogP contribution in [-0.4, -0.2) is 18.9 Å². The second kappa shape index (κ2) is 8.70. The minimum atomic E-state index is -2.98. The van der Waals surface area contributed by atoms with Gasteiger partial charge in [0, 0.05) is 0 Å². The quantitative estimate of drug-likeness (QED) is 0.632. The Morgan fingerprint density at radius 3 is 1.84 bits per heavy atom. The van der Waals surface area contributed by atoms with E-state index in [1.165, 1.54) is 43.2 Å². The molecule has 0 aromatic heterocycles. The van der Waals surface area contributed by atoms with Gasteiger partial charge in [0.1, 0.15) is 0 Å². The summed E-state index contributed by atoms with van der Waals surface area (Å²) in [5, 5.41) is 0. The van der Waals surface area contributed by atoms with Crippen LogP contribution in [0.2, 0.25) is 0 Å². The molecule has 1 aliphatic rings. The lowest BCUT2D eigenvalue weighted by atomic mass is 9.80. The van der Waals surface area contributed by atoms with Gasteiger partial charge in [-0.25, -0.2) is 8.42 Å². The average Bonchev–Trinajstić information content (AvgIpc) is 2.54. The zero-order valence-corrected chi connectivity index (χ0v) is 17.4. The first-order valence-corrected chi connectivity index (χ1v) is 11.7. The number of rotatable bonds is 7. The predicted octanol–water partition coefficient (Wildman–Crippen LogP) is 5.59. The number of aryl methyl sites for hydroxylation is 2. The maximum absolute atomic E-state index is 12.4. The first-order chi connectivity index (χ1) is 11.7. The van der Waals surface area contributed by atoms with Crippen LogP contribution in [0.25, 0.3) is 0 Å². The van der Waals surface area contributed by atoms with Crippen molar-refractivity contribution in [2.75, 3.05) is 5.75 Å². The van der Waals surface area contributed by atoms with Gasteiger partial charge in [-0.3, -0.25) is 0 Å². The van der Waals surface area contributed by atoms with Crippen LogP contribution in [0.1, 0.15) is 77.3 Å². The van der Waals surface area contributed by atoms with Gasteiger partial charge in [0.15, 0.2) is 9.84 Å². The Balaban J connectivity index is 1.75. The van der Waals surface area contributed by atoms with Gasteiger partial charge in [-0.2, -0.15) is 0 Å². The minimum Gasteiger partial charge on any atom is -0.228 e. The van der Waals surface area contributed by atoms with E-state index >= 15 is 0 Å². The molecule has 0 spiro atoms. The summed E-state index contributed by atoms with van der Waals surface area (Å²) in [6.07, 6.45) is 9.31. The van der Waals surface area contributed by atoms with E-state index in [2.05, 4.69) is 31.2 Å². The monoisotopic (exact) mass is 364 g/mol. The average molecular weight is 365 g/mol. The minimum absolute atomic E-state index is 0.369. The summed E-state index contributed by atoms with van der Waals surface area (Å²) < 4.78 is 24.2. The first kappa shape index (κ1) is 20.5. The topological polar surface area (TPSA) is 34.1 Å². The van der Waals surface area contributed by atoms with Gasteiger partial charge < -0.3 is 0 Å². The third-order valence-electron chi connectivity index (χ3n) is 5.76. The fourth-order valence-corrected chi connectivity index (χ4v) is 5.23. The van der Waals surface area contributed by atoms with E-state index in [-0.39, 0.29) is 0 Å². The summed E-state index contributed by atoms with van der Waals surface area (Å²) in [6.45, 7) is 7.68. The zero-order valence-electron chi connectivity index (χ0n) is 16.6. The largest absolute Gasteiger partial charge is 0.228 e. The Hall–Kier alpha value is -0.830. The fraction of sp³-hybridized carbons (Fsp3) is 0.727. The van der Waals surface area contributed by atoms with Gasteiger partial charge >= 0.3 is 0 Å². The van der Waals surface area contributed by atoms with Crippen LogP contribution in [-0.2, 0) is 22.7 Å². The van der Waals surface area contributed by atoms with E-state index in [1.807, 2.05) is 20.8 Å². The normalized spacial score (nSPS) is 22.1. The van der Waals surface area contributed by atoms with Crippen LogP contribution in [0.5, 0.6) is 0 Å². The molecule has 0 N–H and O–H groups in total. The van der Waals surface area contributed by atoms with E-state index in [0.717, 1.165) is 25.2 Å². The molecule has 25 heavy (non-hydrogen) atoms. The van der Waals surface area contributed by atoms with Crippen LogP contribution in [0.15, 0.2) is 24.3 Å². The van der Waals surface area contributed by atoms with Crippen LogP contribution in [0.4, 0.5) is 0 Å². The van der Waals surface area contributed by atoms with Crippen molar-refractivity contribution in [3.63, 3.8) is 0 Å². The lowest BCUT2D eigenvalue weighted by Gasteiger charge is -2.30. The summed E-state index contributed by atoms with van der Waals surface area (Å²) >= 11 is 0. The summed E-state index contributed by atoms with van der Waals surface area (Å²) in [7, 11) is -2.98. The molecule has 2 rings (SSSR count). The van der Waals surface area contributed by atoms with Crippen molar-refractivity contribution >= 4 is 9.84 Å². The Kier molecular flexibility index (Phi) is 7.13. The number of benzene rings is 1. The lowest BCUT2D eigenvalue weighted by molar-refractivity contribution is 0.278. The van der Waals surface area contributed by atoms with Gasteiger partial charge in [0.25, 0.3) is 0 Å². The third kappa shape index (κ3) is 6.13. The standard InChI is InChI=1S/C22H36O2S/c1-5-6-18-7-9-19(10-8-18)11-12-20-13-15-21(16-14-20)17-25(23,24)22(2,3)4/h7-10,20-21H,5-6,11-17H2,1-4H3. The van der Waals surface area contributed by atoms with Crippen molar-refractivity contribution in [1.29, 1.82) is 0 Å². The molecule has 1 fully saturated rings. The highest BCUT2D eigenvalue weighted by Gasteiger charge is 2.33.